The van der Waals surface area contributed by atoms with E-state index in [1.54, 1.807) is 29.2 Å². The standard InChI is InChI=1S/C18H15FN4/c1-14-18(16-10-2-3-11-17(16)19)22-23(21-14)13-7-5-9-15-8-4-6-12-20-15/h2-4,6,8,10-12H,7,13H2,1H3. The maximum absolute atomic E-state index is 13.9. The van der Waals surface area contributed by atoms with Gasteiger partial charge in [0.15, 0.2) is 0 Å². The van der Waals surface area contributed by atoms with E-state index in [0.717, 1.165) is 5.69 Å². The van der Waals surface area contributed by atoms with Crippen LogP contribution in [-0.4, -0.2) is 20.0 Å². The molecule has 0 atom stereocenters. The van der Waals surface area contributed by atoms with Crippen molar-refractivity contribution in [2.45, 2.75) is 19.9 Å². The Morgan fingerprint density at radius 2 is 1.91 bits per heavy atom. The normalized spacial score (nSPS) is 10.2. The molecule has 0 bridgehead atoms. The lowest BCUT2D eigenvalue weighted by molar-refractivity contribution is 0.545. The quantitative estimate of drug-likeness (QED) is 0.698. The van der Waals surface area contributed by atoms with Crippen molar-refractivity contribution < 1.29 is 4.39 Å². The van der Waals surface area contributed by atoms with E-state index in [9.17, 15) is 4.39 Å². The third-order valence-corrected chi connectivity index (χ3v) is 3.27. The third-order valence-electron chi connectivity index (χ3n) is 3.27. The van der Waals surface area contributed by atoms with Gasteiger partial charge in [0.1, 0.15) is 17.2 Å². The fourth-order valence-electron chi connectivity index (χ4n) is 2.18. The van der Waals surface area contributed by atoms with Crippen LogP contribution in [0.4, 0.5) is 4.39 Å². The number of aryl methyl sites for hydroxylation is 2. The van der Waals surface area contributed by atoms with E-state index in [1.165, 1.54) is 6.07 Å². The molecule has 0 fully saturated rings. The van der Waals surface area contributed by atoms with E-state index in [4.69, 9.17) is 0 Å². The van der Waals surface area contributed by atoms with Crippen molar-refractivity contribution in [1.82, 2.24) is 20.0 Å². The SMILES string of the molecule is Cc1nn(CCC#Cc2ccccn2)nc1-c1ccccc1F. The smallest absolute Gasteiger partial charge is 0.132 e. The summed E-state index contributed by atoms with van der Waals surface area (Å²) in [5, 5.41) is 8.70. The molecule has 0 aliphatic carbocycles. The Balaban J connectivity index is 1.70. The summed E-state index contributed by atoms with van der Waals surface area (Å²) in [6.07, 6.45) is 2.31. The van der Waals surface area contributed by atoms with Crippen LogP contribution in [0, 0.1) is 24.6 Å². The summed E-state index contributed by atoms with van der Waals surface area (Å²) in [5.41, 5.74) is 2.48. The summed E-state index contributed by atoms with van der Waals surface area (Å²) in [7, 11) is 0. The Labute approximate surface area is 134 Å². The van der Waals surface area contributed by atoms with Gasteiger partial charge in [-0.05, 0) is 37.1 Å². The molecule has 0 aliphatic rings. The van der Waals surface area contributed by atoms with E-state index in [1.807, 2.05) is 25.1 Å². The maximum atomic E-state index is 13.9. The fourth-order valence-corrected chi connectivity index (χ4v) is 2.18. The summed E-state index contributed by atoms with van der Waals surface area (Å²) >= 11 is 0. The Bertz CT molecular complexity index is 859. The lowest BCUT2D eigenvalue weighted by atomic mass is 10.1. The number of halogens is 1. The summed E-state index contributed by atoms with van der Waals surface area (Å²) in [5.74, 6) is 5.74. The summed E-state index contributed by atoms with van der Waals surface area (Å²) in [6.45, 7) is 2.37. The highest BCUT2D eigenvalue weighted by atomic mass is 19.1. The molecule has 0 saturated heterocycles. The predicted molar refractivity (Wildman–Crippen MR) is 85.9 cm³/mol. The summed E-state index contributed by atoms with van der Waals surface area (Å²) in [4.78, 5) is 5.70. The molecule has 2 aromatic heterocycles. The Morgan fingerprint density at radius 1 is 1.09 bits per heavy atom. The molecule has 0 unspecified atom stereocenters. The number of pyridine rings is 1. The van der Waals surface area contributed by atoms with E-state index in [-0.39, 0.29) is 5.82 Å². The van der Waals surface area contributed by atoms with Gasteiger partial charge >= 0.3 is 0 Å². The van der Waals surface area contributed by atoms with Crippen LogP contribution >= 0.6 is 0 Å². The Morgan fingerprint density at radius 3 is 2.70 bits per heavy atom. The minimum absolute atomic E-state index is 0.294. The van der Waals surface area contributed by atoms with E-state index in [2.05, 4.69) is 27.0 Å². The number of benzene rings is 1. The zero-order valence-corrected chi connectivity index (χ0v) is 12.7. The van der Waals surface area contributed by atoms with Gasteiger partial charge in [-0.25, -0.2) is 9.37 Å². The van der Waals surface area contributed by atoms with Gasteiger partial charge in [0.05, 0.1) is 12.2 Å². The first kappa shape index (κ1) is 14.9. The first-order valence-electron chi connectivity index (χ1n) is 7.30. The Hall–Kier alpha value is -3.00. The number of hydrogen-bond donors (Lipinski definition) is 0. The van der Waals surface area contributed by atoms with E-state index >= 15 is 0 Å². The van der Waals surface area contributed by atoms with Crippen molar-refractivity contribution >= 4 is 0 Å². The van der Waals surface area contributed by atoms with Gasteiger partial charge in [0.2, 0.25) is 0 Å². The second kappa shape index (κ2) is 6.84. The highest BCUT2D eigenvalue weighted by molar-refractivity contribution is 5.61. The van der Waals surface area contributed by atoms with Gasteiger partial charge in [0.25, 0.3) is 0 Å². The monoisotopic (exact) mass is 306 g/mol. The summed E-state index contributed by atoms with van der Waals surface area (Å²) < 4.78 is 13.9. The van der Waals surface area contributed by atoms with Crippen LogP contribution in [0.5, 0.6) is 0 Å². The van der Waals surface area contributed by atoms with Crippen LogP contribution < -0.4 is 0 Å². The van der Waals surface area contributed by atoms with Crippen LogP contribution in [-0.2, 0) is 6.54 Å². The fraction of sp³-hybridized carbons (Fsp3) is 0.167. The highest BCUT2D eigenvalue weighted by Gasteiger charge is 2.12. The lowest BCUT2D eigenvalue weighted by Crippen LogP contribution is -2.01. The number of hydrogen-bond acceptors (Lipinski definition) is 3. The molecule has 0 aliphatic heterocycles. The van der Waals surface area contributed by atoms with Crippen LogP contribution in [0.1, 0.15) is 17.8 Å². The van der Waals surface area contributed by atoms with Crippen molar-refractivity contribution in [2.24, 2.45) is 0 Å². The first-order chi connectivity index (χ1) is 11.2. The second-order valence-electron chi connectivity index (χ2n) is 4.98. The van der Waals surface area contributed by atoms with Gasteiger partial charge in [-0.2, -0.15) is 15.0 Å². The van der Waals surface area contributed by atoms with Crippen molar-refractivity contribution in [3.63, 3.8) is 0 Å². The number of nitrogens with zero attached hydrogens (tertiary/aromatic N) is 4. The zero-order valence-electron chi connectivity index (χ0n) is 12.7. The van der Waals surface area contributed by atoms with Gasteiger partial charge in [-0.1, -0.05) is 24.1 Å². The minimum Gasteiger partial charge on any atom is -0.248 e. The predicted octanol–water partition coefficient (Wildman–Crippen LogP) is 3.23. The molecule has 3 rings (SSSR count). The zero-order chi connectivity index (χ0) is 16.1. The van der Waals surface area contributed by atoms with E-state index in [0.29, 0.717) is 29.9 Å². The molecule has 2 heterocycles. The molecule has 0 amide bonds. The molecule has 0 saturated carbocycles. The summed E-state index contributed by atoms with van der Waals surface area (Å²) in [6, 6.07) is 12.2. The molecule has 1 aromatic carbocycles. The third kappa shape index (κ3) is 3.61. The molecule has 4 nitrogen and oxygen atoms in total. The van der Waals surface area contributed by atoms with Crippen molar-refractivity contribution in [1.29, 1.82) is 0 Å². The average molecular weight is 306 g/mol. The number of aromatic nitrogens is 4. The van der Waals surface area contributed by atoms with Crippen molar-refractivity contribution in [3.05, 3.63) is 65.9 Å². The lowest BCUT2D eigenvalue weighted by Gasteiger charge is -1.98. The molecule has 3 aromatic rings. The maximum Gasteiger partial charge on any atom is 0.132 e. The molecular weight excluding hydrogens is 291 g/mol. The molecule has 0 N–H and O–H groups in total. The van der Waals surface area contributed by atoms with Crippen molar-refractivity contribution in [2.75, 3.05) is 0 Å². The van der Waals surface area contributed by atoms with Crippen LogP contribution in [0.2, 0.25) is 0 Å². The second-order valence-corrected chi connectivity index (χ2v) is 4.98. The molecule has 23 heavy (non-hydrogen) atoms. The molecule has 0 spiro atoms. The highest BCUT2D eigenvalue weighted by Crippen LogP contribution is 2.22. The topological polar surface area (TPSA) is 43.6 Å². The molecular formula is C18H15FN4. The first-order valence-corrected chi connectivity index (χ1v) is 7.30. The minimum atomic E-state index is -0.294. The van der Waals surface area contributed by atoms with Gasteiger partial charge in [0, 0.05) is 18.2 Å². The van der Waals surface area contributed by atoms with Crippen molar-refractivity contribution in [3.8, 4) is 23.1 Å². The number of rotatable bonds is 3. The Kier molecular flexibility index (Phi) is 4.44. The molecule has 114 valence electrons. The van der Waals surface area contributed by atoms with E-state index < -0.39 is 0 Å². The van der Waals surface area contributed by atoms with Crippen LogP contribution in [0.25, 0.3) is 11.3 Å². The largest absolute Gasteiger partial charge is 0.248 e. The van der Waals surface area contributed by atoms with Crippen LogP contribution in [0.3, 0.4) is 0 Å². The van der Waals surface area contributed by atoms with Gasteiger partial charge in [-0.3, -0.25) is 0 Å². The average Bonchev–Trinajstić information content (AvgIpc) is 2.94. The van der Waals surface area contributed by atoms with Crippen LogP contribution in [0.15, 0.2) is 48.7 Å². The molecule has 5 heteroatoms. The molecule has 0 radical (unpaired) electrons. The van der Waals surface area contributed by atoms with Gasteiger partial charge in [-0.15, -0.1) is 0 Å². The van der Waals surface area contributed by atoms with Gasteiger partial charge < -0.3 is 0 Å².